The van der Waals surface area contributed by atoms with Gasteiger partial charge in [0.15, 0.2) is 9.84 Å². The van der Waals surface area contributed by atoms with E-state index in [1.165, 1.54) is 11.3 Å². The molecular weight excluding hydrogens is 246 g/mol. The topological polar surface area (TPSA) is 63.2 Å². The summed E-state index contributed by atoms with van der Waals surface area (Å²) in [5.41, 5.74) is 0. The molecule has 0 aliphatic rings. The maximum absolute atomic E-state index is 11.6. The smallest absolute Gasteiger partial charge is 0.235 e. The number of hydrogen-bond acceptors (Lipinski definition) is 4. The molecule has 1 heterocycles. The monoisotopic (exact) mass is 261 g/mol. The molecule has 1 aromatic heterocycles. The zero-order valence-corrected chi connectivity index (χ0v) is 10.7. The Hall–Kier alpha value is -0.880. The highest BCUT2D eigenvalue weighted by Crippen LogP contribution is 2.12. The van der Waals surface area contributed by atoms with Crippen molar-refractivity contribution in [2.24, 2.45) is 0 Å². The number of hydrogen-bond donors (Lipinski definition) is 1. The Balaban J connectivity index is 2.49. The van der Waals surface area contributed by atoms with Crippen LogP contribution < -0.4 is 5.32 Å². The van der Waals surface area contributed by atoms with Crippen LogP contribution in [0.3, 0.4) is 0 Å². The number of sulfone groups is 1. The second-order valence-electron chi connectivity index (χ2n) is 3.46. The summed E-state index contributed by atoms with van der Waals surface area (Å²) in [7, 11) is -3.34. The van der Waals surface area contributed by atoms with Crippen LogP contribution in [-0.4, -0.2) is 26.6 Å². The predicted molar refractivity (Wildman–Crippen MR) is 65.1 cm³/mol. The third kappa shape index (κ3) is 4.76. The first-order valence-corrected chi connectivity index (χ1v) is 7.73. The second-order valence-corrected chi connectivity index (χ2v) is 6.56. The Labute approximate surface area is 99.6 Å². The lowest BCUT2D eigenvalue weighted by atomic mass is 10.5. The van der Waals surface area contributed by atoms with Crippen LogP contribution >= 0.6 is 11.3 Å². The standard InChI is InChI=1S/C10H15NO3S2/c1-2-5-11-10(12)8-16(13,14)7-9-4-3-6-15-9/h3-4,6H,2,5,7-8H2,1H3,(H,11,12). The average Bonchev–Trinajstić information content (AvgIpc) is 2.65. The highest BCUT2D eigenvalue weighted by molar-refractivity contribution is 7.91. The van der Waals surface area contributed by atoms with Crippen molar-refractivity contribution in [1.29, 1.82) is 0 Å². The van der Waals surface area contributed by atoms with Crippen LogP contribution in [0.2, 0.25) is 0 Å². The second kappa shape index (κ2) is 6.00. The molecule has 1 rings (SSSR count). The minimum absolute atomic E-state index is 0.0514. The lowest BCUT2D eigenvalue weighted by Gasteiger charge is -2.04. The van der Waals surface area contributed by atoms with E-state index in [1.807, 2.05) is 12.3 Å². The predicted octanol–water partition coefficient (Wildman–Crippen LogP) is 1.19. The van der Waals surface area contributed by atoms with Gasteiger partial charge in [-0.15, -0.1) is 11.3 Å². The van der Waals surface area contributed by atoms with Crippen molar-refractivity contribution < 1.29 is 13.2 Å². The molecule has 0 radical (unpaired) electrons. The van der Waals surface area contributed by atoms with Crippen molar-refractivity contribution in [3.8, 4) is 0 Å². The minimum atomic E-state index is -3.34. The van der Waals surface area contributed by atoms with Gasteiger partial charge in [-0.05, 0) is 17.9 Å². The van der Waals surface area contributed by atoms with Crippen LogP contribution in [0.1, 0.15) is 18.2 Å². The van der Waals surface area contributed by atoms with Crippen molar-refractivity contribution >= 4 is 27.1 Å². The van der Waals surface area contributed by atoms with Crippen LogP contribution in [0.15, 0.2) is 17.5 Å². The van der Waals surface area contributed by atoms with Crippen LogP contribution in [-0.2, 0) is 20.4 Å². The van der Waals surface area contributed by atoms with Gasteiger partial charge in [-0.2, -0.15) is 0 Å². The number of carbonyl (C=O) groups excluding carboxylic acids is 1. The van der Waals surface area contributed by atoms with Crippen molar-refractivity contribution in [2.45, 2.75) is 19.1 Å². The molecule has 1 amide bonds. The normalized spacial score (nSPS) is 11.3. The molecule has 0 saturated heterocycles. The van der Waals surface area contributed by atoms with Crippen molar-refractivity contribution in [3.05, 3.63) is 22.4 Å². The lowest BCUT2D eigenvalue weighted by Crippen LogP contribution is -2.31. The van der Waals surface area contributed by atoms with E-state index < -0.39 is 21.5 Å². The van der Waals surface area contributed by atoms with E-state index in [-0.39, 0.29) is 5.75 Å². The molecule has 1 N–H and O–H groups in total. The molecule has 0 spiro atoms. The van der Waals surface area contributed by atoms with E-state index in [0.717, 1.165) is 11.3 Å². The number of rotatable bonds is 6. The fraction of sp³-hybridized carbons (Fsp3) is 0.500. The number of nitrogens with one attached hydrogen (secondary N) is 1. The van der Waals surface area contributed by atoms with Crippen LogP contribution in [0.25, 0.3) is 0 Å². The Bertz CT molecular complexity index is 423. The molecule has 6 heteroatoms. The quantitative estimate of drug-likeness (QED) is 0.836. The van der Waals surface area contributed by atoms with Crippen LogP contribution in [0.5, 0.6) is 0 Å². The molecule has 16 heavy (non-hydrogen) atoms. The molecule has 1 aromatic rings. The summed E-state index contributed by atoms with van der Waals surface area (Å²) in [6.45, 7) is 2.44. The summed E-state index contributed by atoms with van der Waals surface area (Å²) in [6.07, 6.45) is 0.802. The summed E-state index contributed by atoms with van der Waals surface area (Å²) in [5, 5.41) is 4.37. The van der Waals surface area contributed by atoms with E-state index in [2.05, 4.69) is 5.32 Å². The van der Waals surface area contributed by atoms with Crippen molar-refractivity contribution in [1.82, 2.24) is 5.32 Å². The molecule has 0 saturated carbocycles. The molecule has 0 bridgehead atoms. The maximum atomic E-state index is 11.6. The Kier molecular flexibility index (Phi) is 4.95. The lowest BCUT2D eigenvalue weighted by molar-refractivity contribution is -0.118. The summed E-state index contributed by atoms with van der Waals surface area (Å²) in [5.74, 6) is -0.895. The van der Waals surface area contributed by atoms with Crippen molar-refractivity contribution in [2.75, 3.05) is 12.3 Å². The van der Waals surface area contributed by atoms with Gasteiger partial charge in [0, 0.05) is 11.4 Å². The first kappa shape index (κ1) is 13.2. The Morgan fingerprint density at radius 2 is 2.25 bits per heavy atom. The van der Waals surface area contributed by atoms with E-state index in [1.54, 1.807) is 12.1 Å². The molecule has 0 aliphatic carbocycles. The highest BCUT2D eigenvalue weighted by atomic mass is 32.2. The van der Waals surface area contributed by atoms with E-state index in [0.29, 0.717) is 6.54 Å². The number of thiophene rings is 1. The molecular formula is C10H15NO3S2. The summed E-state index contributed by atoms with van der Waals surface area (Å²) in [4.78, 5) is 12.0. The fourth-order valence-corrected chi connectivity index (χ4v) is 3.61. The molecule has 4 nitrogen and oxygen atoms in total. The van der Waals surface area contributed by atoms with Gasteiger partial charge < -0.3 is 5.32 Å². The number of carbonyl (C=O) groups is 1. The Morgan fingerprint density at radius 1 is 1.50 bits per heavy atom. The van der Waals surface area contributed by atoms with Gasteiger partial charge in [0.1, 0.15) is 5.75 Å². The van der Waals surface area contributed by atoms with Gasteiger partial charge in [-0.1, -0.05) is 13.0 Å². The van der Waals surface area contributed by atoms with Crippen molar-refractivity contribution in [3.63, 3.8) is 0 Å². The largest absolute Gasteiger partial charge is 0.355 e. The summed E-state index contributed by atoms with van der Waals surface area (Å²) in [6, 6.07) is 3.55. The summed E-state index contributed by atoms with van der Waals surface area (Å²) < 4.78 is 23.2. The first-order chi connectivity index (χ1) is 7.53. The molecule has 0 fully saturated rings. The van der Waals surface area contributed by atoms with Gasteiger partial charge in [0.2, 0.25) is 5.91 Å². The molecule has 0 unspecified atom stereocenters. The first-order valence-electron chi connectivity index (χ1n) is 5.03. The van der Waals surface area contributed by atoms with Crippen LogP contribution in [0.4, 0.5) is 0 Å². The molecule has 0 aromatic carbocycles. The minimum Gasteiger partial charge on any atom is -0.355 e. The SMILES string of the molecule is CCCNC(=O)CS(=O)(=O)Cc1cccs1. The van der Waals surface area contributed by atoms with E-state index in [4.69, 9.17) is 0 Å². The summed E-state index contributed by atoms with van der Waals surface area (Å²) >= 11 is 1.38. The highest BCUT2D eigenvalue weighted by Gasteiger charge is 2.17. The fourth-order valence-electron chi connectivity index (χ4n) is 1.18. The maximum Gasteiger partial charge on any atom is 0.235 e. The average molecular weight is 261 g/mol. The van der Waals surface area contributed by atoms with Gasteiger partial charge >= 0.3 is 0 Å². The van der Waals surface area contributed by atoms with Gasteiger partial charge in [-0.3, -0.25) is 4.79 Å². The zero-order valence-electron chi connectivity index (χ0n) is 9.10. The molecule has 0 atom stereocenters. The van der Waals surface area contributed by atoms with Gasteiger partial charge in [0.05, 0.1) is 5.75 Å². The molecule has 0 aliphatic heterocycles. The third-order valence-corrected chi connectivity index (χ3v) is 4.38. The van der Waals surface area contributed by atoms with E-state index in [9.17, 15) is 13.2 Å². The molecule has 90 valence electrons. The van der Waals surface area contributed by atoms with E-state index >= 15 is 0 Å². The third-order valence-electron chi connectivity index (χ3n) is 1.87. The van der Waals surface area contributed by atoms with Gasteiger partial charge in [-0.25, -0.2) is 8.42 Å². The zero-order chi connectivity index (χ0) is 12.0. The van der Waals surface area contributed by atoms with Crippen LogP contribution in [0, 0.1) is 0 Å². The number of amides is 1. The van der Waals surface area contributed by atoms with Gasteiger partial charge in [0.25, 0.3) is 0 Å². The Morgan fingerprint density at radius 3 is 2.81 bits per heavy atom.